The molecule has 3 amide bonds. The first-order valence-electron chi connectivity index (χ1n) is 9.12. The van der Waals surface area contributed by atoms with Crippen molar-refractivity contribution in [2.75, 3.05) is 18.5 Å². The van der Waals surface area contributed by atoms with E-state index in [2.05, 4.69) is 5.32 Å². The lowest BCUT2D eigenvalue weighted by Crippen LogP contribution is -2.38. The van der Waals surface area contributed by atoms with Crippen LogP contribution in [0, 0.1) is 23.7 Å². The predicted molar refractivity (Wildman–Crippen MR) is 106 cm³/mol. The van der Waals surface area contributed by atoms with Crippen molar-refractivity contribution < 1.29 is 23.9 Å². The summed E-state index contributed by atoms with van der Waals surface area (Å²) in [5.41, 5.74) is 0.456. The van der Waals surface area contributed by atoms with E-state index in [0.717, 1.165) is 4.90 Å². The highest BCUT2D eigenvalue weighted by atomic mass is 35.5. The number of ether oxygens (including phenoxy) is 1. The van der Waals surface area contributed by atoms with Crippen LogP contribution in [0.3, 0.4) is 0 Å². The Labute approximate surface area is 181 Å². The Hall–Kier alpha value is -1.83. The highest BCUT2D eigenvalue weighted by Gasteiger charge is 2.66. The maximum atomic E-state index is 12.7. The molecule has 0 aromatic heterocycles. The Bertz CT molecular complexity index is 862. The van der Waals surface area contributed by atoms with Gasteiger partial charge in [0.25, 0.3) is 5.91 Å². The van der Waals surface area contributed by atoms with Crippen molar-refractivity contribution in [2.45, 2.75) is 17.2 Å². The average molecular weight is 460 g/mol. The molecule has 3 fully saturated rings. The number of rotatable bonds is 5. The fourth-order valence-corrected chi connectivity index (χ4v) is 5.73. The second kappa shape index (κ2) is 7.78. The Balaban J connectivity index is 1.32. The molecule has 10 heteroatoms. The number of imide groups is 1. The van der Waals surface area contributed by atoms with Gasteiger partial charge in [-0.15, -0.1) is 23.2 Å². The second-order valence-corrected chi connectivity index (χ2v) is 8.93. The average Bonchev–Trinajstić information content (AvgIpc) is 3.27. The molecule has 0 spiro atoms. The largest absolute Gasteiger partial charge is 0.454 e. The molecule has 0 radical (unpaired) electrons. The molecule has 1 saturated heterocycles. The van der Waals surface area contributed by atoms with Crippen LogP contribution in [-0.4, -0.2) is 52.5 Å². The Morgan fingerprint density at radius 3 is 2.31 bits per heavy atom. The minimum absolute atomic E-state index is 0.157. The van der Waals surface area contributed by atoms with Crippen LogP contribution in [0.4, 0.5) is 5.69 Å². The number of hydrogen-bond acceptors (Lipinski definition) is 5. The molecule has 2 saturated carbocycles. The highest BCUT2D eigenvalue weighted by Crippen LogP contribution is 2.59. The van der Waals surface area contributed by atoms with Crippen molar-refractivity contribution in [3.8, 4) is 0 Å². The standard InChI is InChI=1S/C19H17Cl3N2O5/c20-8-2-1-3-9(4-8)23-12(25)7-29-13(26)6-24-18(27)14-10-5-11(15(14)19(24)28)17(22)16(10)21/h1-4,10-11,14-17H,5-7H2,(H,23,25)/t10-,11-,14-,15-,16-,17+/m1/s1. The van der Waals surface area contributed by atoms with E-state index in [1.54, 1.807) is 24.3 Å². The number of fused-ring (bicyclic) bond motifs is 5. The SMILES string of the molecule is O=C(COC(=O)CN1C(=O)[C@@H]2[C@H]3C[C@@H]([C@@H](Cl)[C@H]3Cl)[C@H]2C1=O)Nc1cccc(Cl)c1. The minimum atomic E-state index is -0.842. The summed E-state index contributed by atoms with van der Waals surface area (Å²) in [5, 5.41) is 2.26. The van der Waals surface area contributed by atoms with Gasteiger partial charge in [-0.05, 0) is 36.5 Å². The van der Waals surface area contributed by atoms with Gasteiger partial charge in [0.2, 0.25) is 11.8 Å². The minimum Gasteiger partial charge on any atom is -0.454 e. The first-order chi connectivity index (χ1) is 13.8. The van der Waals surface area contributed by atoms with E-state index >= 15 is 0 Å². The number of amides is 3. The number of esters is 1. The highest BCUT2D eigenvalue weighted by molar-refractivity contribution is 6.31. The van der Waals surface area contributed by atoms with Gasteiger partial charge in [0.15, 0.2) is 6.61 Å². The summed E-state index contributed by atoms with van der Waals surface area (Å²) in [5.74, 6) is -3.60. The van der Waals surface area contributed by atoms with Crippen LogP contribution >= 0.6 is 34.8 Å². The number of carbonyl (C=O) groups is 4. The van der Waals surface area contributed by atoms with Gasteiger partial charge in [-0.2, -0.15) is 0 Å². The van der Waals surface area contributed by atoms with Crippen molar-refractivity contribution in [1.82, 2.24) is 4.90 Å². The molecule has 3 aliphatic rings. The number of likely N-dealkylation sites (tertiary alicyclic amines) is 1. The molecule has 1 heterocycles. The zero-order chi connectivity index (χ0) is 20.9. The van der Waals surface area contributed by atoms with Crippen molar-refractivity contribution in [2.24, 2.45) is 23.7 Å². The monoisotopic (exact) mass is 458 g/mol. The number of carbonyl (C=O) groups excluding carboxylic acids is 4. The molecule has 1 N–H and O–H groups in total. The van der Waals surface area contributed by atoms with Gasteiger partial charge >= 0.3 is 5.97 Å². The van der Waals surface area contributed by atoms with E-state index < -0.39 is 48.7 Å². The van der Waals surface area contributed by atoms with Gasteiger partial charge < -0.3 is 10.1 Å². The number of anilines is 1. The Morgan fingerprint density at radius 2 is 1.72 bits per heavy atom. The van der Waals surface area contributed by atoms with E-state index in [4.69, 9.17) is 39.5 Å². The van der Waals surface area contributed by atoms with Crippen LogP contribution in [-0.2, 0) is 23.9 Å². The van der Waals surface area contributed by atoms with Crippen LogP contribution in [0.25, 0.3) is 0 Å². The van der Waals surface area contributed by atoms with Gasteiger partial charge in [0, 0.05) is 10.7 Å². The maximum Gasteiger partial charge on any atom is 0.326 e. The fraction of sp³-hybridized carbons (Fsp3) is 0.474. The predicted octanol–water partition coefficient (Wildman–Crippen LogP) is 2.29. The molecule has 29 heavy (non-hydrogen) atoms. The first kappa shape index (κ1) is 20.4. The van der Waals surface area contributed by atoms with E-state index in [1.807, 2.05) is 0 Å². The van der Waals surface area contributed by atoms with Crippen LogP contribution in [0.2, 0.25) is 5.02 Å². The molecule has 1 aromatic rings. The lowest BCUT2D eigenvalue weighted by atomic mass is 9.80. The maximum absolute atomic E-state index is 12.7. The normalized spacial score (nSPS) is 32.4. The lowest BCUT2D eigenvalue weighted by molar-refractivity contribution is -0.154. The van der Waals surface area contributed by atoms with E-state index in [9.17, 15) is 19.2 Å². The molecule has 154 valence electrons. The summed E-state index contributed by atoms with van der Waals surface area (Å²) in [6, 6.07) is 6.50. The number of benzene rings is 1. The topological polar surface area (TPSA) is 92.8 Å². The summed E-state index contributed by atoms with van der Waals surface area (Å²) in [6.07, 6.45) is 0.650. The van der Waals surface area contributed by atoms with Crippen LogP contribution in [0.1, 0.15) is 6.42 Å². The van der Waals surface area contributed by atoms with Gasteiger partial charge in [0.05, 0.1) is 22.6 Å². The molecular weight excluding hydrogens is 443 g/mol. The third kappa shape index (κ3) is 3.60. The number of halogens is 3. The zero-order valence-corrected chi connectivity index (χ0v) is 17.3. The smallest absolute Gasteiger partial charge is 0.326 e. The summed E-state index contributed by atoms with van der Waals surface area (Å²) in [6.45, 7) is -1.08. The van der Waals surface area contributed by atoms with Crippen LogP contribution < -0.4 is 5.32 Å². The third-order valence-electron chi connectivity index (χ3n) is 5.84. The van der Waals surface area contributed by atoms with E-state index in [0.29, 0.717) is 17.1 Å². The molecule has 7 nitrogen and oxygen atoms in total. The summed E-state index contributed by atoms with van der Waals surface area (Å²) in [7, 11) is 0. The number of alkyl halides is 2. The quantitative estimate of drug-likeness (QED) is 0.414. The zero-order valence-electron chi connectivity index (χ0n) is 15.0. The van der Waals surface area contributed by atoms with E-state index in [-0.39, 0.29) is 22.6 Å². The summed E-state index contributed by atoms with van der Waals surface area (Å²) >= 11 is 18.4. The molecule has 1 aromatic carbocycles. The second-order valence-electron chi connectivity index (χ2n) is 7.49. The van der Waals surface area contributed by atoms with Gasteiger partial charge in [-0.25, -0.2) is 0 Å². The van der Waals surface area contributed by atoms with Crippen molar-refractivity contribution in [1.29, 1.82) is 0 Å². The summed E-state index contributed by atoms with van der Waals surface area (Å²) < 4.78 is 4.92. The Morgan fingerprint density at radius 1 is 1.10 bits per heavy atom. The molecule has 6 atom stereocenters. The van der Waals surface area contributed by atoms with Crippen LogP contribution in [0.5, 0.6) is 0 Å². The number of nitrogens with zero attached hydrogens (tertiary/aromatic N) is 1. The van der Waals surface area contributed by atoms with Crippen LogP contribution in [0.15, 0.2) is 24.3 Å². The van der Waals surface area contributed by atoms with Gasteiger partial charge in [-0.1, -0.05) is 17.7 Å². The first-order valence-corrected chi connectivity index (χ1v) is 10.4. The summed E-state index contributed by atoms with van der Waals surface area (Å²) in [4.78, 5) is 50.3. The number of nitrogens with one attached hydrogen (secondary N) is 1. The van der Waals surface area contributed by atoms with Gasteiger partial charge in [0.1, 0.15) is 6.54 Å². The third-order valence-corrected chi connectivity index (χ3v) is 7.39. The molecule has 4 rings (SSSR count). The Kier molecular flexibility index (Phi) is 5.48. The van der Waals surface area contributed by atoms with Gasteiger partial charge in [-0.3, -0.25) is 24.1 Å². The van der Waals surface area contributed by atoms with Crippen molar-refractivity contribution in [3.63, 3.8) is 0 Å². The fourth-order valence-electron chi connectivity index (χ4n) is 4.65. The van der Waals surface area contributed by atoms with Crippen molar-refractivity contribution in [3.05, 3.63) is 29.3 Å². The lowest BCUT2D eigenvalue weighted by Gasteiger charge is -2.28. The van der Waals surface area contributed by atoms with Crippen molar-refractivity contribution >= 4 is 64.2 Å². The molecular formula is C19H17Cl3N2O5. The molecule has 2 bridgehead atoms. The molecule has 2 aliphatic carbocycles. The van der Waals surface area contributed by atoms with E-state index in [1.165, 1.54) is 0 Å². The number of hydrogen-bond donors (Lipinski definition) is 1. The molecule has 1 aliphatic heterocycles. The molecule has 0 unspecified atom stereocenters.